The van der Waals surface area contributed by atoms with Gasteiger partial charge < -0.3 is 19.4 Å². The molecule has 0 spiro atoms. The molecule has 8 heteroatoms. The van der Waals surface area contributed by atoms with E-state index in [1.54, 1.807) is 31.0 Å². The molecule has 1 aliphatic heterocycles. The highest BCUT2D eigenvalue weighted by molar-refractivity contribution is 5.99. The smallest absolute Gasteiger partial charge is 0.253 e. The lowest BCUT2D eigenvalue weighted by atomic mass is 10.0. The maximum atomic E-state index is 14.5. The lowest BCUT2D eigenvalue weighted by Crippen LogP contribution is -2.26. The van der Waals surface area contributed by atoms with Gasteiger partial charge >= 0.3 is 0 Å². The Morgan fingerprint density at radius 1 is 1.34 bits per heavy atom. The van der Waals surface area contributed by atoms with E-state index in [1.807, 2.05) is 6.92 Å². The van der Waals surface area contributed by atoms with E-state index in [9.17, 15) is 13.6 Å². The fraction of sp³-hybridized carbons (Fsp3) is 0.333. The number of H-pyrrole nitrogens is 1. The van der Waals surface area contributed by atoms with Crippen molar-refractivity contribution in [3.8, 4) is 11.5 Å². The predicted octanol–water partition coefficient (Wildman–Crippen LogP) is 4.14. The first kappa shape index (κ1) is 19.2. The minimum Gasteiger partial charge on any atom is -0.493 e. The van der Waals surface area contributed by atoms with Gasteiger partial charge in [-0.05, 0) is 26.0 Å². The van der Waals surface area contributed by atoms with Gasteiger partial charge in [0.05, 0.1) is 17.7 Å². The van der Waals surface area contributed by atoms with E-state index >= 15 is 0 Å². The van der Waals surface area contributed by atoms with Gasteiger partial charge in [-0.2, -0.15) is 0 Å². The molecular weight excluding hydrogens is 380 g/mol. The predicted molar refractivity (Wildman–Crippen MR) is 103 cm³/mol. The molecule has 152 valence electrons. The van der Waals surface area contributed by atoms with Crippen LogP contribution < -0.4 is 9.47 Å². The molecule has 2 aromatic carbocycles. The molecule has 0 aliphatic carbocycles. The van der Waals surface area contributed by atoms with Gasteiger partial charge in [0.25, 0.3) is 5.91 Å². The highest BCUT2D eigenvalue weighted by Gasteiger charge is 2.29. The molecule has 0 radical (unpaired) electrons. The summed E-state index contributed by atoms with van der Waals surface area (Å²) in [7, 11) is 1.71. The van der Waals surface area contributed by atoms with E-state index in [2.05, 4.69) is 9.97 Å². The normalized spacial score (nSPS) is 15.7. The van der Waals surface area contributed by atoms with Gasteiger partial charge in [0.2, 0.25) is 0 Å². The summed E-state index contributed by atoms with van der Waals surface area (Å²) < 4.78 is 39.6. The number of carbonyl (C=O) groups is 1. The zero-order valence-corrected chi connectivity index (χ0v) is 16.4. The van der Waals surface area contributed by atoms with Gasteiger partial charge in [0, 0.05) is 37.7 Å². The van der Waals surface area contributed by atoms with Crippen molar-refractivity contribution in [3.63, 3.8) is 0 Å². The third kappa shape index (κ3) is 3.50. The van der Waals surface area contributed by atoms with Crippen LogP contribution in [0.5, 0.6) is 11.5 Å². The maximum Gasteiger partial charge on any atom is 0.253 e. The minimum absolute atomic E-state index is 0.131. The third-order valence-electron chi connectivity index (χ3n) is 5.02. The molecule has 1 N–H and O–H groups in total. The summed E-state index contributed by atoms with van der Waals surface area (Å²) in [5.41, 5.74) is 1.81. The van der Waals surface area contributed by atoms with Crippen LogP contribution in [0.15, 0.2) is 24.3 Å². The van der Waals surface area contributed by atoms with Gasteiger partial charge in [0.1, 0.15) is 40.6 Å². The molecule has 0 saturated carbocycles. The van der Waals surface area contributed by atoms with Gasteiger partial charge in [-0.3, -0.25) is 4.79 Å². The Balaban J connectivity index is 1.78. The molecule has 2 heterocycles. The number of carbonyl (C=O) groups excluding carboxylic acids is 1. The topological polar surface area (TPSA) is 67.5 Å². The number of hydrogen-bond donors (Lipinski definition) is 1. The van der Waals surface area contributed by atoms with Crippen molar-refractivity contribution >= 4 is 16.9 Å². The van der Waals surface area contributed by atoms with E-state index in [-0.39, 0.29) is 23.8 Å². The zero-order valence-electron chi connectivity index (χ0n) is 16.4. The first-order valence-corrected chi connectivity index (χ1v) is 9.41. The lowest BCUT2D eigenvalue weighted by molar-refractivity contribution is 0.0801. The van der Waals surface area contributed by atoms with Gasteiger partial charge in [0.15, 0.2) is 0 Å². The summed E-state index contributed by atoms with van der Waals surface area (Å²) in [6.45, 7) is 4.50. The number of aryl methyl sites for hydroxylation is 1. The molecule has 29 heavy (non-hydrogen) atoms. The molecule has 1 atom stereocenters. The quantitative estimate of drug-likeness (QED) is 0.713. The SMILES string of the molecule is CCN(C)C(=O)c1cc(OC2CCOc3cc(F)cc(F)c32)c2nc(C)[nH]c2c1. The van der Waals surface area contributed by atoms with Gasteiger partial charge in [-0.15, -0.1) is 0 Å². The number of ether oxygens (including phenoxy) is 2. The average molecular weight is 401 g/mol. The van der Waals surface area contributed by atoms with Crippen LogP contribution in [-0.4, -0.2) is 41.0 Å². The molecule has 4 rings (SSSR count). The van der Waals surface area contributed by atoms with Gasteiger partial charge in [-0.1, -0.05) is 0 Å². The lowest BCUT2D eigenvalue weighted by Gasteiger charge is -2.27. The van der Waals surface area contributed by atoms with Gasteiger partial charge in [-0.25, -0.2) is 13.8 Å². The second-order valence-electron chi connectivity index (χ2n) is 7.06. The molecule has 0 saturated heterocycles. The Morgan fingerprint density at radius 3 is 2.90 bits per heavy atom. The number of hydrogen-bond acceptors (Lipinski definition) is 4. The van der Waals surface area contributed by atoms with Crippen LogP contribution >= 0.6 is 0 Å². The Labute approximate surface area is 166 Å². The van der Waals surface area contributed by atoms with Crippen molar-refractivity contribution in [1.82, 2.24) is 14.9 Å². The number of nitrogens with zero attached hydrogens (tertiary/aromatic N) is 2. The van der Waals surface area contributed by atoms with Crippen LogP contribution in [0.1, 0.15) is 41.2 Å². The number of rotatable bonds is 4. The van der Waals surface area contributed by atoms with Crippen LogP contribution in [0.3, 0.4) is 0 Å². The summed E-state index contributed by atoms with van der Waals surface area (Å²) >= 11 is 0. The second kappa shape index (κ2) is 7.35. The summed E-state index contributed by atoms with van der Waals surface area (Å²) in [5, 5.41) is 0. The van der Waals surface area contributed by atoms with Crippen molar-refractivity contribution in [3.05, 3.63) is 52.9 Å². The first-order chi connectivity index (χ1) is 13.9. The molecule has 1 aromatic heterocycles. The number of benzene rings is 2. The first-order valence-electron chi connectivity index (χ1n) is 9.41. The Morgan fingerprint density at radius 2 is 2.14 bits per heavy atom. The van der Waals surface area contributed by atoms with E-state index in [0.717, 1.165) is 12.1 Å². The summed E-state index contributed by atoms with van der Waals surface area (Å²) in [5.74, 6) is -0.432. The molecule has 0 fully saturated rings. The van der Waals surface area contributed by atoms with Crippen LogP contribution in [0.4, 0.5) is 8.78 Å². The Bertz CT molecular complexity index is 1100. The number of nitrogens with one attached hydrogen (secondary N) is 1. The Hall–Kier alpha value is -3.16. The highest BCUT2D eigenvalue weighted by Crippen LogP contribution is 2.39. The number of aromatic nitrogens is 2. The fourth-order valence-electron chi connectivity index (χ4n) is 3.47. The molecule has 1 amide bonds. The summed E-state index contributed by atoms with van der Waals surface area (Å²) in [6, 6.07) is 5.31. The van der Waals surface area contributed by atoms with Crippen LogP contribution in [0.25, 0.3) is 11.0 Å². The minimum atomic E-state index is -0.725. The second-order valence-corrected chi connectivity index (χ2v) is 7.06. The third-order valence-corrected chi connectivity index (χ3v) is 5.02. The molecule has 6 nitrogen and oxygen atoms in total. The van der Waals surface area contributed by atoms with Crippen molar-refractivity contribution in [2.24, 2.45) is 0 Å². The number of fused-ring (bicyclic) bond motifs is 2. The van der Waals surface area contributed by atoms with E-state index in [0.29, 0.717) is 41.1 Å². The molecule has 3 aromatic rings. The van der Waals surface area contributed by atoms with Crippen molar-refractivity contribution in [2.45, 2.75) is 26.4 Å². The largest absolute Gasteiger partial charge is 0.493 e. The monoisotopic (exact) mass is 401 g/mol. The standard InChI is InChI=1S/C21H21F2N3O3/c1-4-26(3)21(27)12-7-15-20(25-11(2)24-15)18(8-12)29-16-5-6-28-17-10-13(22)9-14(23)19(16)17/h7-10,16H,4-6H2,1-3H3,(H,24,25). The molecule has 1 unspecified atom stereocenters. The number of halogens is 2. The number of amides is 1. The van der Waals surface area contributed by atoms with E-state index in [1.165, 1.54) is 0 Å². The summed E-state index contributed by atoms with van der Waals surface area (Å²) in [6.07, 6.45) is -0.304. The van der Waals surface area contributed by atoms with Crippen LogP contribution in [0.2, 0.25) is 0 Å². The highest BCUT2D eigenvalue weighted by atomic mass is 19.1. The maximum absolute atomic E-state index is 14.5. The van der Waals surface area contributed by atoms with Crippen molar-refractivity contribution in [1.29, 1.82) is 0 Å². The molecule has 0 bridgehead atoms. The van der Waals surface area contributed by atoms with Crippen LogP contribution in [0, 0.1) is 18.6 Å². The van der Waals surface area contributed by atoms with E-state index in [4.69, 9.17) is 9.47 Å². The fourth-order valence-corrected chi connectivity index (χ4v) is 3.47. The molecular formula is C21H21F2N3O3. The van der Waals surface area contributed by atoms with Crippen molar-refractivity contribution < 1.29 is 23.0 Å². The average Bonchev–Trinajstić information content (AvgIpc) is 3.06. The number of aromatic amines is 1. The zero-order chi connectivity index (χ0) is 20.7. The van der Waals surface area contributed by atoms with Crippen LogP contribution in [-0.2, 0) is 0 Å². The van der Waals surface area contributed by atoms with E-state index < -0.39 is 17.7 Å². The summed E-state index contributed by atoms with van der Waals surface area (Å²) in [4.78, 5) is 21.8. The molecule has 1 aliphatic rings. The number of imidazole rings is 1. The van der Waals surface area contributed by atoms with Crippen molar-refractivity contribution in [2.75, 3.05) is 20.2 Å². The Kier molecular flexibility index (Phi) is 4.86.